The van der Waals surface area contributed by atoms with Gasteiger partial charge in [-0.05, 0) is 31.2 Å². The molecular formula is C17H17N5O2. The second kappa shape index (κ2) is 7.36. The van der Waals surface area contributed by atoms with E-state index in [1.807, 2.05) is 42.5 Å². The maximum Gasteiger partial charge on any atom is 0.261 e. The Morgan fingerprint density at radius 2 is 1.96 bits per heavy atom. The summed E-state index contributed by atoms with van der Waals surface area (Å²) in [6.07, 6.45) is 4.53. The average Bonchev–Trinajstić information content (AvgIpc) is 3.10. The third-order valence-corrected chi connectivity index (χ3v) is 3.34. The predicted molar refractivity (Wildman–Crippen MR) is 87.5 cm³/mol. The van der Waals surface area contributed by atoms with Crippen molar-refractivity contribution in [1.82, 2.24) is 25.3 Å². The van der Waals surface area contributed by atoms with E-state index in [-0.39, 0.29) is 12.5 Å². The first-order chi connectivity index (χ1) is 11.7. The number of pyridine rings is 1. The first-order valence-corrected chi connectivity index (χ1v) is 7.53. The van der Waals surface area contributed by atoms with Crippen LogP contribution in [0.2, 0.25) is 0 Å². The van der Waals surface area contributed by atoms with Gasteiger partial charge in [0.05, 0.1) is 18.4 Å². The number of para-hydroxylation sites is 1. The van der Waals surface area contributed by atoms with E-state index in [9.17, 15) is 4.79 Å². The molecule has 0 fully saturated rings. The summed E-state index contributed by atoms with van der Waals surface area (Å²) in [6.45, 7) is 1.99. The van der Waals surface area contributed by atoms with E-state index in [0.29, 0.717) is 11.4 Å². The zero-order valence-electron chi connectivity index (χ0n) is 13.2. The number of rotatable bonds is 6. The molecule has 24 heavy (non-hydrogen) atoms. The fourth-order valence-electron chi connectivity index (χ4n) is 2.08. The number of nitrogens with zero attached hydrogens (tertiary/aromatic N) is 4. The van der Waals surface area contributed by atoms with Crippen molar-refractivity contribution in [1.29, 1.82) is 0 Å². The zero-order valence-corrected chi connectivity index (χ0v) is 13.2. The molecule has 0 aliphatic heterocycles. The van der Waals surface area contributed by atoms with Crippen LogP contribution in [0.4, 0.5) is 0 Å². The first-order valence-electron chi connectivity index (χ1n) is 7.53. The number of ether oxygens (including phenoxy) is 1. The van der Waals surface area contributed by atoms with Crippen LogP contribution >= 0.6 is 0 Å². The molecule has 7 heteroatoms. The van der Waals surface area contributed by atoms with Gasteiger partial charge in [-0.25, -0.2) is 4.68 Å². The van der Waals surface area contributed by atoms with Crippen LogP contribution in [-0.2, 0) is 11.3 Å². The zero-order chi connectivity index (χ0) is 16.8. The Bertz CT molecular complexity index is 789. The molecule has 0 aliphatic carbocycles. The van der Waals surface area contributed by atoms with E-state index < -0.39 is 6.10 Å². The molecule has 0 saturated carbocycles. The van der Waals surface area contributed by atoms with Gasteiger partial charge in [-0.15, -0.1) is 5.10 Å². The van der Waals surface area contributed by atoms with Gasteiger partial charge in [-0.2, -0.15) is 0 Å². The van der Waals surface area contributed by atoms with Crippen LogP contribution in [0.15, 0.2) is 61.1 Å². The number of nitrogens with one attached hydrogen (secondary N) is 1. The van der Waals surface area contributed by atoms with Gasteiger partial charge in [0.15, 0.2) is 6.10 Å². The highest BCUT2D eigenvalue weighted by molar-refractivity contribution is 5.80. The first kappa shape index (κ1) is 15.7. The lowest BCUT2D eigenvalue weighted by atomic mass is 10.3. The molecule has 122 valence electrons. The summed E-state index contributed by atoms with van der Waals surface area (Å²) >= 11 is 0. The van der Waals surface area contributed by atoms with Crippen molar-refractivity contribution < 1.29 is 9.53 Å². The molecule has 0 aliphatic rings. The van der Waals surface area contributed by atoms with Crippen molar-refractivity contribution in [3.8, 4) is 11.4 Å². The number of amides is 1. The molecule has 0 radical (unpaired) electrons. The standard InChI is InChI=1S/C17H17N5O2/c1-13(24-16-5-3-2-4-6-16)17(23)19-11-14-12-22(21-20-14)15-7-9-18-10-8-15/h2-10,12-13H,11H2,1H3,(H,19,23). The van der Waals surface area contributed by atoms with Gasteiger partial charge in [0.1, 0.15) is 11.4 Å². The summed E-state index contributed by atoms with van der Waals surface area (Å²) in [5, 5.41) is 10.9. The Labute approximate surface area is 139 Å². The molecule has 0 bridgehead atoms. The van der Waals surface area contributed by atoms with Crippen LogP contribution in [0.25, 0.3) is 5.69 Å². The lowest BCUT2D eigenvalue weighted by molar-refractivity contribution is -0.127. The van der Waals surface area contributed by atoms with E-state index in [2.05, 4.69) is 20.6 Å². The molecule has 3 aromatic rings. The van der Waals surface area contributed by atoms with Gasteiger partial charge in [-0.3, -0.25) is 9.78 Å². The predicted octanol–water partition coefficient (Wildman–Crippen LogP) is 1.75. The molecule has 1 amide bonds. The summed E-state index contributed by atoms with van der Waals surface area (Å²) in [5.41, 5.74) is 1.52. The molecule has 0 saturated heterocycles. The van der Waals surface area contributed by atoms with E-state index in [1.54, 1.807) is 30.2 Å². The highest BCUT2D eigenvalue weighted by atomic mass is 16.5. The van der Waals surface area contributed by atoms with Crippen molar-refractivity contribution in [2.45, 2.75) is 19.6 Å². The monoisotopic (exact) mass is 323 g/mol. The summed E-state index contributed by atoms with van der Waals surface area (Å²) in [7, 11) is 0. The topological polar surface area (TPSA) is 81.9 Å². The van der Waals surface area contributed by atoms with Crippen molar-refractivity contribution in [2.75, 3.05) is 0 Å². The minimum Gasteiger partial charge on any atom is -0.481 e. The Balaban J connectivity index is 1.54. The van der Waals surface area contributed by atoms with Crippen LogP contribution < -0.4 is 10.1 Å². The number of carbonyl (C=O) groups is 1. The maximum atomic E-state index is 12.1. The van der Waals surface area contributed by atoms with Gasteiger partial charge < -0.3 is 10.1 Å². The Morgan fingerprint density at radius 1 is 1.21 bits per heavy atom. The second-order valence-electron chi connectivity index (χ2n) is 5.15. The summed E-state index contributed by atoms with van der Waals surface area (Å²) in [4.78, 5) is 16.1. The third kappa shape index (κ3) is 3.95. The summed E-state index contributed by atoms with van der Waals surface area (Å²) < 4.78 is 7.21. The molecule has 2 heterocycles. The van der Waals surface area contributed by atoms with E-state index in [0.717, 1.165) is 5.69 Å². The van der Waals surface area contributed by atoms with Gasteiger partial charge in [0, 0.05) is 12.4 Å². The minimum atomic E-state index is -0.595. The van der Waals surface area contributed by atoms with Crippen LogP contribution in [0, 0.1) is 0 Å². The van der Waals surface area contributed by atoms with Crippen molar-refractivity contribution >= 4 is 5.91 Å². The number of benzene rings is 1. The van der Waals surface area contributed by atoms with E-state index in [4.69, 9.17) is 4.74 Å². The van der Waals surface area contributed by atoms with Crippen LogP contribution in [0.3, 0.4) is 0 Å². The lowest BCUT2D eigenvalue weighted by Gasteiger charge is -2.13. The molecule has 1 aromatic carbocycles. The fourth-order valence-corrected chi connectivity index (χ4v) is 2.08. The quantitative estimate of drug-likeness (QED) is 0.747. The molecule has 1 atom stereocenters. The molecule has 2 aromatic heterocycles. The summed E-state index contributed by atoms with van der Waals surface area (Å²) in [5.74, 6) is 0.445. The maximum absolute atomic E-state index is 12.1. The van der Waals surface area contributed by atoms with Crippen molar-refractivity contribution in [3.63, 3.8) is 0 Å². The largest absolute Gasteiger partial charge is 0.481 e. The van der Waals surface area contributed by atoms with Crippen molar-refractivity contribution in [3.05, 3.63) is 66.7 Å². The molecule has 7 nitrogen and oxygen atoms in total. The van der Waals surface area contributed by atoms with E-state index >= 15 is 0 Å². The van der Waals surface area contributed by atoms with Gasteiger partial charge in [0.25, 0.3) is 5.91 Å². The number of aromatic nitrogens is 4. The van der Waals surface area contributed by atoms with Gasteiger partial charge in [-0.1, -0.05) is 23.4 Å². The molecule has 3 rings (SSSR count). The Hall–Kier alpha value is -3.22. The minimum absolute atomic E-state index is 0.211. The smallest absolute Gasteiger partial charge is 0.261 e. The van der Waals surface area contributed by atoms with E-state index in [1.165, 1.54) is 0 Å². The summed E-state index contributed by atoms with van der Waals surface area (Å²) in [6, 6.07) is 12.9. The average molecular weight is 323 g/mol. The normalized spacial score (nSPS) is 11.7. The SMILES string of the molecule is CC(Oc1ccccc1)C(=O)NCc1cn(-c2ccncc2)nn1. The van der Waals surface area contributed by atoms with Gasteiger partial charge in [0.2, 0.25) is 0 Å². The third-order valence-electron chi connectivity index (χ3n) is 3.34. The lowest BCUT2D eigenvalue weighted by Crippen LogP contribution is -2.36. The molecule has 0 spiro atoms. The molecular weight excluding hydrogens is 306 g/mol. The molecule has 1 N–H and O–H groups in total. The van der Waals surface area contributed by atoms with Crippen LogP contribution in [-0.4, -0.2) is 32.0 Å². The van der Waals surface area contributed by atoms with Gasteiger partial charge >= 0.3 is 0 Å². The fraction of sp³-hybridized carbons (Fsp3) is 0.176. The van der Waals surface area contributed by atoms with Crippen LogP contribution in [0.1, 0.15) is 12.6 Å². The van der Waals surface area contributed by atoms with Crippen LogP contribution in [0.5, 0.6) is 5.75 Å². The number of hydrogen-bond acceptors (Lipinski definition) is 5. The second-order valence-corrected chi connectivity index (χ2v) is 5.15. The Kier molecular flexibility index (Phi) is 4.81. The number of carbonyl (C=O) groups excluding carboxylic acids is 1. The van der Waals surface area contributed by atoms with Crippen molar-refractivity contribution in [2.24, 2.45) is 0 Å². The number of hydrogen-bond donors (Lipinski definition) is 1. The molecule has 1 unspecified atom stereocenters. The Morgan fingerprint density at radius 3 is 2.71 bits per heavy atom. The highest BCUT2D eigenvalue weighted by Gasteiger charge is 2.14. The highest BCUT2D eigenvalue weighted by Crippen LogP contribution is 2.11.